The quantitative estimate of drug-likeness (QED) is 0.524. The van der Waals surface area contributed by atoms with Crippen LogP contribution in [0.5, 0.6) is 0 Å². The van der Waals surface area contributed by atoms with Crippen molar-refractivity contribution in [2.75, 3.05) is 25.1 Å². The van der Waals surface area contributed by atoms with Crippen molar-refractivity contribution >= 4 is 11.7 Å². The predicted octanol–water partition coefficient (Wildman–Crippen LogP) is 1.19. The fourth-order valence-corrected chi connectivity index (χ4v) is 1.16. The van der Waals surface area contributed by atoms with Gasteiger partial charge in [0, 0.05) is 12.7 Å². The summed E-state index contributed by atoms with van der Waals surface area (Å²) in [7, 11) is 0. The number of hydrogen-bond acceptors (Lipinski definition) is 4. The molecule has 0 aliphatic carbocycles. The maximum absolute atomic E-state index is 10.8. The summed E-state index contributed by atoms with van der Waals surface area (Å²) < 4.78 is 5.32. The highest BCUT2D eigenvalue weighted by atomic mass is 16.5. The third-order valence-electron chi connectivity index (χ3n) is 2.07. The Bertz CT molecular complexity index is 363. The first-order chi connectivity index (χ1) is 8.24. The first-order valence-electron chi connectivity index (χ1n) is 5.42. The zero-order valence-electron chi connectivity index (χ0n) is 9.69. The molecule has 0 atom stereocenters. The van der Waals surface area contributed by atoms with Crippen molar-refractivity contribution in [3.05, 3.63) is 36.5 Å². The van der Waals surface area contributed by atoms with Gasteiger partial charge in [-0.15, -0.1) is 6.58 Å². The van der Waals surface area contributed by atoms with Crippen molar-refractivity contribution < 1.29 is 9.53 Å². The smallest absolute Gasteiger partial charge is 0.250 e. The van der Waals surface area contributed by atoms with E-state index in [4.69, 9.17) is 10.5 Å². The van der Waals surface area contributed by atoms with E-state index in [9.17, 15) is 4.79 Å². The number of nitrogens with two attached hydrogens (primary N) is 1. The number of carbonyl (C=O) groups excluding carboxylic acids is 1. The number of anilines is 1. The van der Waals surface area contributed by atoms with E-state index in [0.29, 0.717) is 31.1 Å². The summed E-state index contributed by atoms with van der Waals surface area (Å²) in [6.07, 6.45) is 4.12. The molecule has 0 spiro atoms. The Morgan fingerprint density at radius 3 is 2.94 bits per heavy atom. The van der Waals surface area contributed by atoms with Crippen LogP contribution in [0, 0.1) is 0 Å². The van der Waals surface area contributed by atoms with Crippen LogP contribution in [0.4, 0.5) is 5.82 Å². The van der Waals surface area contributed by atoms with Crippen molar-refractivity contribution in [1.82, 2.24) is 4.98 Å². The molecule has 1 rings (SSSR count). The number of nitrogens with zero attached hydrogens (tertiary/aromatic N) is 1. The minimum atomic E-state index is -0.475. The number of carbonyl (C=O) groups is 1. The van der Waals surface area contributed by atoms with E-state index >= 15 is 0 Å². The molecule has 17 heavy (non-hydrogen) atoms. The highest BCUT2D eigenvalue weighted by molar-refractivity contribution is 5.92. The van der Waals surface area contributed by atoms with Crippen LogP contribution in [-0.2, 0) is 4.74 Å². The predicted molar refractivity (Wildman–Crippen MR) is 66.9 cm³/mol. The molecule has 0 saturated carbocycles. The summed E-state index contributed by atoms with van der Waals surface area (Å²) in [5.41, 5.74) is 5.51. The SMILES string of the molecule is C=CCCOCCNc1ccc(C(N)=O)cn1. The largest absolute Gasteiger partial charge is 0.379 e. The van der Waals surface area contributed by atoms with Gasteiger partial charge in [0.15, 0.2) is 0 Å². The lowest BCUT2D eigenvalue weighted by atomic mass is 10.3. The molecule has 0 aromatic carbocycles. The monoisotopic (exact) mass is 235 g/mol. The Hall–Kier alpha value is -1.88. The average Bonchev–Trinajstić information content (AvgIpc) is 2.34. The standard InChI is InChI=1S/C12H17N3O2/c1-2-3-7-17-8-6-14-11-5-4-10(9-15-11)12(13)16/h2,4-5,9H,1,3,6-8H2,(H2,13,16)(H,14,15). The molecule has 0 fully saturated rings. The summed E-state index contributed by atoms with van der Waals surface area (Å²) in [6.45, 7) is 5.56. The van der Waals surface area contributed by atoms with Gasteiger partial charge in [-0.3, -0.25) is 4.79 Å². The second-order valence-corrected chi connectivity index (χ2v) is 3.41. The number of nitrogens with one attached hydrogen (secondary N) is 1. The van der Waals surface area contributed by atoms with Crippen molar-refractivity contribution in [3.63, 3.8) is 0 Å². The number of pyridine rings is 1. The minimum Gasteiger partial charge on any atom is -0.379 e. The Morgan fingerprint density at radius 2 is 2.35 bits per heavy atom. The van der Waals surface area contributed by atoms with E-state index in [1.165, 1.54) is 6.20 Å². The number of hydrogen-bond donors (Lipinski definition) is 2. The van der Waals surface area contributed by atoms with Crippen LogP contribution in [0.1, 0.15) is 16.8 Å². The normalized spacial score (nSPS) is 9.88. The third kappa shape index (κ3) is 5.12. The number of aromatic nitrogens is 1. The summed E-state index contributed by atoms with van der Waals surface area (Å²) in [6, 6.07) is 3.35. The molecule has 0 radical (unpaired) electrons. The van der Waals surface area contributed by atoms with Gasteiger partial charge in [-0.2, -0.15) is 0 Å². The van der Waals surface area contributed by atoms with Gasteiger partial charge in [0.25, 0.3) is 0 Å². The van der Waals surface area contributed by atoms with E-state index in [-0.39, 0.29) is 0 Å². The van der Waals surface area contributed by atoms with Crippen molar-refractivity contribution in [3.8, 4) is 0 Å². The second-order valence-electron chi connectivity index (χ2n) is 3.41. The Kier molecular flexibility index (Phi) is 5.74. The van der Waals surface area contributed by atoms with Gasteiger partial charge in [-0.25, -0.2) is 4.98 Å². The summed E-state index contributed by atoms with van der Waals surface area (Å²) >= 11 is 0. The summed E-state index contributed by atoms with van der Waals surface area (Å²) in [5, 5.41) is 3.07. The van der Waals surface area contributed by atoms with Crippen LogP contribution >= 0.6 is 0 Å². The summed E-state index contributed by atoms with van der Waals surface area (Å²) in [5.74, 6) is 0.221. The topological polar surface area (TPSA) is 77.2 Å². The van der Waals surface area contributed by atoms with E-state index in [1.54, 1.807) is 12.1 Å². The Labute approximate surface area is 101 Å². The lowest BCUT2D eigenvalue weighted by molar-refractivity contribution is 0.1000. The maximum atomic E-state index is 10.8. The van der Waals surface area contributed by atoms with Gasteiger partial charge in [0.05, 0.1) is 18.8 Å². The zero-order valence-corrected chi connectivity index (χ0v) is 9.69. The molecule has 0 aliphatic rings. The summed E-state index contributed by atoms with van der Waals surface area (Å²) in [4.78, 5) is 14.9. The van der Waals surface area contributed by atoms with Gasteiger partial charge in [-0.1, -0.05) is 6.08 Å². The van der Waals surface area contributed by atoms with Gasteiger partial charge < -0.3 is 15.8 Å². The van der Waals surface area contributed by atoms with Crippen LogP contribution < -0.4 is 11.1 Å². The Morgan fingerprint density at radius 1 is 1.53 bits per heavy atom. The molecule has 0 bridgehead atoms. The number of primary amides is 1. The molecule has 1 aromatic heterocycles. The van der Waals surface area contributed by atoms with Gasteiger partial charge in [0.2, 0.25) is 5.91 Å². The van der Waals surface area contributed by atoms with Gasteiger partial charge >= 0.3 is 0 Å². The van der Waals surface area contributed by atoms with Crippen molar-refractivity contribution in [1.29, 1.82) is 0 Å². The highest BCUT2D eigenvalue weighted by Crippen LogP contribution is 2.03. The van der Waals surface area contributed by atoms with E-state index in [0.717, 1.165) is 6.42 Å². The molecule has 0 unspecified atom stereocenters. The second kappa shape index (κ2) is 7.40. The molecule has 1 heterocycles. The molecule has 92 valence electrons. The van der Waals surface area contributed by atoms with E-state index in [2.05, 4.69) is 16.9 Å². The highest BCUT2D eigenvalue weighted by Gasteiger charge is 2.00. The average molecular weight is 235 g/mol. The van der Waals surface area contributed by atoms with Crippen LogP contribution in [0.15, 0.2) is 31.0 Å². The van der Waals surface area contributed by atoms with Crippen molar-refractivity contribution in [2.24, 2.45) is 5.73 Å². The molecular formula is C12H17N3O2. The van der Waals surface area contributed by atoms with Crippen molar-refractivity contribution in [2.45, 2.75) is 6.42 Å². The molecule has 3 N–H and O–H groups in total. The first-order valence-corrected chi connectivity index (χ1v) is 5.42. The van der Waals surface area contributed by atoms with Crippen LogP contribution in [-0.4, -0.2) is 30.6 Å². The van der Waals surface area contributed by atoms with Crippen LogP contribution in [0.3, 0.4) is 0 Å². The fraction of sp³-hybridized carbons (Fsp3) is 0.333. The maximum Gasteiger partial charge on any atom is 0.250 e. The van der Waals surface area contributed by atoms with Gasteiger partial charge in [-0.05, 0) is 18.6 Å². The van der Waals surface area contributed by atoms with Gasteiger partial charge in [0.1, 0.15) is 5.82 Å². The molecule has 5 heteroatoms. The molecule has 0 saturated heterocycles. The minimum absolute atomic E-state index is 0.401. The number of ether oxygens (including phenoxy) is 1. The number of rotatable bonds is 8. The Balaban J connectivity index is 2.23. The zero-order chi connectivity index (χ0) is 12.5. The molecule has 0 aliphatic heterocycles. The van der Waals surface area contributed by atoms with E-state index < -0.39 is 5.91 Å². The molecule has 1 amide bonds. The molecule has 1 aromatic rings. The van der Waals surface area contributed by atoms with Crippen LogP contribution in [0.25, 0.3) is 0 Å². The van der Waals surface area contributed by atoms with E-state index in [1.807, 2.05) is 6.08 Å². The lowest BCUT2D eigenvalue weighted by Crippen LogP contribution is -2.13. The molecule has 5 nitrogen and oxygen atoms in total. The number of amides is 1. The fourth-order valence-electron chi connectivity index (χ4n) is 1.16. The van der Waals surface area contributed by atoms with Crippen LogP contribution in [0.2, 0.25) is 0 Å². The lowest BCUT2D eigenvalue weighted by Gasteiger charge is -2.06. The third-order valence-corrected chi connectivity index (χ3v) is 2.07. The molecular weight excluding hydrogens is 218 g/mol. The first kappa shape index (κ1) is 13.2.